The number of aromatic nitrogens is 3. The maximum atomic E-state index is 5.36. The molecule has 0 bridgehead atoms. The first-order chi connectivity index (χ1) is 9.29. The molecule has 0 fully saturated rings. The molecule has 0 unspecified atom stereocenters. The standard InChI is InChI=1S/C13H20N4O2/c1-11-8-15-13-7-12(16-17(13)10-11)9-14-3-4-19-6-5-18-2/h7-8,10,14H,3-6,9H2,1-2H3. The van der Waals surface area contributed by atoms with E-state index in [-0.39, 0.29) is 0 Å². The topological polar surface area (TPSA) is 60.7 Å². The number of methoxy groups -OCH3 is 1. The fourth-order valence-corrected chi connectivity index (χ4v) is 1.71. The molecule has 6 nitrogen and oxygen atoms in total. The first-order valence-electron chi connectivity index (χ1n) is 6.38. The summed E-state index contributed by atoms with van der Waals surface area (Å²) >= 11 is 0. The summed E-state index contributed by atoms with van der Waals surface area (Å²) in [6, 6.07) is 1.98. The molecule has 0 amide bonds. The van der Waals surface area contributed by atoms with Crippen LogP contribution < -0.4 is 5.32 Å². The molecule has 0 aliphatic carbocycles. The molecule has 0 radical (unpaired) electrons. The van der Waals surface area contributed by atoms with Gasteiger partial charge in [-0.1, -0.05) is 0 Å². The minimum Gasteiger partial charge on any atom is -0.382 e. The minimum absolute atomic E-state index is 0.635. The molecule has 0 aromatic carbocycles. The Morgan fingerprint density at radius 1 is 1.32 bits per heavy atom. The zero-order valence-corrected chi connectivity index (χ0v) is 11.4. The summed E-state index contributed by atoms with van der Waals surface area (Å²) in [4.78, 5) is 4.31. The number of fused-ring (bicyclic) bond motifs is 1. The Kier molecular flexibility index (Phi) is 5.26. The van der Waals surface area contributed by atoms with Crippen molar-refractivity contribution >= 4 is 5.65 Å². The number of rotatable bonds is 8. The maximum absolute atomic E-state index is 5.36. The molecule has 2 heterocycles. The van der Waals surface area contributed by atoms with Crippen LogP contribution in [-0.4, -0.2) is 48.1 Å². The highest BCUT2D eigenvalue weighted by molar-refractivity contribution is 5.39. The monoisotopic (exact) mass is 264 g/mol. The summed E-state index contributed by atoms with van der Waals surface area (Å²) in [6.45, 7) is 5.46. The summed E-state index contributed by atoms with van der Waals surface area (Å²) in [6.07, 6.45) is 3.82. The van der Waals surface area contributed by atoms with Gasteiger partial charge in [0.15, 0.2) is 5.65 Å². The molecular weight excluding hydrogens is 244 g/mol. The highest BCUT2D eigenvalue weighted by Gasteiger charge is 2.02. The second-order valence-electron chi connectivity index (χ2n) is 4.35. The van der Waals surface area contributed by atoms with Gasteiger partial charge in [-0.25, -0.2) is 9.50 Å². The van der Waals surface area contributed by atoms with Crippen LogP contribution in [0.1, 0.15) is 11.3 Å². The van der Waals surface area contributed by atoms with Crippen LogP contribution in [0.5, 0.6) is 0 Å². The van der Waals surface area contributed by atoms with Gasteiger partial charge in [0, 0.05) is 38.7 Å². The van der Waals surface area contributed by atoms with Crippen LogP contribution in [0.4, 0.5) is 0 Å². The predicted octanol–water partition coefficient (Wildman–Crippen LogP) is 0.790. The van der Waals surface area contributed by atoms with Crippen molar-refractivity contribution in [3.8, 4) is 0 Å². The number of nitrogens with one attached hydrogen (secondary N) is 1. The molecular formula is C13H20N4O2. The smallest absolute Gasteiger partial charge is 0.155 e. The second kappa shape index (κ2) is 7.18. The Labute approximate surface area is 112 Å². The molecule has 0 aliphatic rings. The molecule has 2 aromatic rings. The molecule has 2 rings (SSSR count). The average Bonchev–Trinajstić information content (AvgIpc) is 2.79. The van der Waals surface area contributed by atoms with Crippen molar-refractivity contribution in [2.24, 2.45) is 0 Å². The van der Waals surface area contributed by atoms with Crippen molar-refractivity contribution in [1.29, 1.82) is 0 Å². The van der Waals surface area contributed by atoms with Gasteiger partial charge in [-0.2, -0.15) is 5.10 Å². The summed E-state index contributed by atoms with van der Waals surface area (Å²) < 4.78 is 12.1. The summed E-state index contributed by atoms with van der Waals surface area (Å²) in [7, 11) is 1.67. The van der Waals surface area contributed by atoms with E-state index in [1.807, 2.05) is 25.4 Å². The maximum Gasteiger partial charge on any atom is 0.155 e. The van der Waals surface area contributed by atoms with E-state index in [9.17, 15) is 0 Å². The third-order valence-corrected chi connectivity index (χ3v) is 2.65. The van der Waals surface area contributed by atoms with E-state index in [0.717, 1.165) is 30.0 Å². The molecule has 6 heteroatoms. The SMILES string of the molecule is COCCOCCNCc1cc2ncc(C)cn2n1. The van der Waals surface area contributed by atoms with Crippen molar-refractivity contribution in [3.63, 3.8) is 0 Å². The highest BCUT2D eigenvalue weighted by Crippen LogP contribution is 2.04. The Hall–Kier alpha value is -1.50. The van der Waals surface area contributed by atoms with Crippen LogP contribution in [0, 0.1) is 6.92 Å². The molecule has 0 spiro atoms. The third-order valence-electron chi connectivity index (χ3n) is 2.65. The van der Waals surface area contributed by atoms with Crippen molar-refractivity contribution in [1.82, 2.24) is 19.9 Å². The van der Waals surface area contributed by atoms with E-state index in [1.165, 1.54) is 0 Å². The molecule has 104 valence electrons. The van der Waals surface area contributed by atoms with Gasteiger partial charge in [0.25, 0.3) is 0 Å². The van der Waals surface area contributed by atoms with Gasteiger partial charge < -0.3 is 14.8 Å². The summed E-state index contributed by atoms with van der Waals surface area (Å²) in [5, 5.41) is 7.74. The van der Waals surface area contributed by atoms with E-state index in [0.29, 0.717) is 19.8 Å². The molecule has 19 heavy (non-hydrogen) atoms. The van der Waals surface area contributed by atoms with Gasteiger partial charge in [0.1, 0.15) is 0 Å². The molecule has 0 aliphatic heterocycles. The van der Waals surface area contributed by atoms with E-state index >= 15 is 0 Å². The molecule has 2 aromatic heterocycles. The van der Waals surface area contributed by atoms with Gasteiger partial charge >= 0.3 is 0 Å². The number of nitrogens with zero attached hydrogens (tertiary/aromatic N) is 3. The fourth-order valence-electron chi connectivity index (χ4n) is 1.71. The number of ether oxygens (including phenoxy) is 2. The van der Waals surface area contributed by atoms with E-state index in [4.69, 9.17) is 9.47 Å². The minimum atomic E-state index is 0.635. The zero-order chi connectivity index (χ0) is 13.5. The van der Waals surface area contributed by atoms with E-state index < -0.39 is 0 Å². The first kappa shape index (κ1) is 13.9. The summed E-state index contributed by atoms with van der Waals surface area (Å²) in [5.74, 6) is 0. The lowest BCUT2D eigenvalue weighted by atomic mass is 10.4. The molecule has 0 saturated heterocycles. The lowest BCUT2D eigenvalue weighted by molar-refractivity contribution is 0.0719. The van der Waals surface area contributed by atoms with Crippen LogP contribution in [-0.2, 0) is 16.0 Å². The lowest BCUT2D eigenvalue weighted by Crippen LogP contribution is -2.20. The Balaban J connectivity index is 1.72. The lowest BCUT2D eigenvalue weighted by Gasteiger charge is -2.04. The van der Waals surface area contributed by atoms with Gasteiger partial charge in [0.2, 0.25) is 0 Å². The molecule has 0 saturated carbocycles. The van der Waals surface area contributed by atoms with Crippen molar-refractivity contribution < 1.29 is 9.47 Å². The van der Waals surface area contributed by atoms with Crippen molar-refractivity contribution in [2.45, 2.75) is 13.5 Å². The average molecular weight is 264 g/mol. The van der Waals surface area contributed by atoms with Crippen LogP contribution >= 0.6 is 0 Å². The van der Waals surface area contributed by atoms with Gasteiger partial charge in [-0.3, -0.25) is 0 Å². The molecule has 0 atom stereocenters. The van der Waals surface area contributed by atoms with Gasteiger partial charge in [-0.05, 0) is 12.5 Å². The number of hydrogen-bond donors (Lipinski definition) is 1. The van der Waals surface area contributed by atoms with Crippen molar-refractivity contribution in [3.05, 3.63) is 29.7 Å². The highest BCUT2D eigenvalue weighted by atomic mass is 16.5. The predicted molar refractivity (Wildman–Crippen MR) is 72.1 cm³/mol. The van der Waals surface area contributed by atoms with Crippen molar-refractivity contribution in [2.75, 3.05) is 33.5 Å². The second-order valence-corrected chi connectivity index (χ2v) is 4.35. The molecule has 1 N–H and O–H groups in total. The Morgan fingerprint density at radius 3 is 3.05 bits per heavy atom. The fraction of sp³-hybridized carbons (Fsp3) is 0.538. The van der Waals surface area contributed by atoms with E-state index in [2.05, 4.69) is 15.4 Å². The van der Waals surface area contributed by atoms with E-state index in [1.54, 1.807) is 11.6 Å². The first-order valence-corrected chi connectivity index (χ1v) is 6.38. The van der Waals surface area contributed by atoms with Crippen LogP contribution in [0.15, 0.2) is 18.5 Å². The van der Waals surface area contributed by atoms with Gasteiger partial charge in [0.05, 0.1) is 25.5 Å². The summed E-state index contributed by atoms with van der Waals surface area (Å²) in [5.41, 5.74) is 2.95. The zero-order valence-electron chi connectivity index (χ0n) is 11.4. The Morgan fingerprint density at radius 2 is 2.21 bits per heavy atom. The quantitative estimate of drug-likeness (QED) is 0.714. The number of hydrogen-bond acceptors (Lipinski definition) is 5. The largest absolute Gasteiger partial charge is 0.382 e. The number of aryl methyl sites for hydroxylation is 1. The van der Waals surface area contributed by atoms with Crippen LogP contribution in [0.3, 0.4) is 0 Å². The Bertz CT molecular complexity index is 512. The van der Waals surface area contributed by atoms with Gasteiger partial charge in [-0.15, -0.1) is 0 Å². The van der Waals surface area contributed by atoms with Crippen LogP contribution in [0.2, 0.25) is 0 Å². The third kappa shape index (κ3) is 4.27. The van der Waals surface area contributed by atoms with Crippen LogP contribution in [0.25, 0.3) is 5.65 Å². The normalized spacial score (nSPS) is 11.3.